The van der Waals surface area contributed by atoms with Crippen molar-refractivity contribution in [2.75, 3.05) is 0 Å². The fourth-order valence-corrected chi connectivity index (χ4v) is 3.72. The standard InChI is InChI=1S/C18H12Br2ClN3O3/c1-9-23-16-4-3-12(19)7-13(16)18(26)24(9)22-8-11-5-14(20)17(15(21)6-11)27-10(2)25/h3-8H,1-2H3. The third-order valence-electron chi connectivity index (χ3n) is 3.56. The van der Waals surface area contributed by atoms with E-state index >= 15 is 0 Å². The first kappa shape index (κ1) is 19.7. The van der Waals surface area contributed by atoms with Gasteiger partial charge in [-0.25, -0.2) is 4.98 Å². The normalized spacial score (nSPS) is 11.3. The van der Waals surface area contributed by atoms with Crippen molar-refractivity contribution in [2.45, 2.75) is 13.8 Å². The fourth-order valence-electron chi connectivity index (χ4n) is 2.42. The maximum Gasteiger partial charge on any atom is 0.308 e. The minimum Gasteiger partial charge on any atom is -0.424 e. The average molecular weight is 514 g/mol. The van der Waals surface area contributed by atoms with Crippen LogP contribution in [0.1, 0.15) is 18.3 Å². The minimum atomic E-state index is -0.477. The molecule has 0 aliphatic rings. The number of benzene rings is 2. The molecule has 0 saturated heterocycles. The summed E-state index contributed by atoms with van der Waals surface area (Å²) in [7, 11) is 0. The van der Waals surface area contributed by atoms with E-state index in [1.807, 2.05) is 6.07 Å². The van der Waals surface area contributed by atoms with Gasteiger partial charge >= 0.3 is 5.97 Å². The van der Waals surface area contributed by atoms with E-state index in [0.29, 0.717) is 26.8 Å². The summed E-state index contributed by atoms with van der Waals surface area (Å²) in [6.07, 6.45) is 1.48. The Hall–Kier alpha value is -2.03. The van der Waals surface area contributed by atoms with Crippen molar-refractivity contribution in [2.24, 2.45) is 5.10 Å². The molecule has 0 fully saturated rings. The molecule has 0 amide bonds. The lowest BCUT2D eigenvalue weighted by molar-refractivity contribution is -0.131. The third kappa shape index (κ3) is 4.28. The van der Waals surface area contributed by atoms with E-state index in [2.05, 4.69) is 41.9 Å². The molecule has 0 aliphatic heterocycles. The van der Waals surface area contributed by atoms with Crippen molar-refractivity contribution in [1.29, 1.82) is 0 Å². The zero-order valence-electron chi connectivity index (χ0n) is 14.2. The van der Waals surface area contributed by atoms with Gasteiger partial charge in [-0.1, -0.05) is 27.5 Å². The molecule has 27 heavy (non-hydrogen) atoms. The summed E-state index contributed by atoms with van der Waals surface area (Å²) in [4.78, 5) is 28.3. The second kappa shape index (κ2) is 7.92. The number of halogens is 3. The predicted octanol–water partition coefficient (Wildman–Crippen LogP) is 4.69. The van der Waals surface area contributed by atoms with Gasteiger partial charge < -0.3 is 4.74 Å². The molecule has 1 aromatic heterocycles. The summed E-state index contributed by atoms with van der Waals surface area (Å²) in [5.74, 6) is 0.203. The van der Waals surface area contributed by atoms with Crippen LogP contribution in [0.4, 0.5) is 0 Å². The van der Waals surface area contributed by atoms with Crippen LogP contribution < -0.4 is 10.3 Å². The van der Waals surface area contributed by atoms with E-state index in [0.717, 1.165) is 4.47 Å². The number of rotatable bonds is 3. The number of carbonyl (C=O) groups is 1. The maximum atomic E-state index is 12.7. The Labute approximate surface area is 176 Å². The molecule has 2 aromatic carbocycles. The van der Waals surface area contributed by atoms with Crippen molar-refractivity contribution in [3.63, 3.8) is 0 Å². The highest BCUT2D eigenvalue weighted by Crippen LogP contribution is 2.34. The number of hydrogen-bond acceptors (Lipinski definition) is 5. The molecule has 6 nitrogen and oxygen atoms in total. The van der Waals surface area contributed by atoms with E-state index in [9.17, 15) is 9.59 Å². The zero-order chi connectivity index (χ0) is 19.7. The van der Waals surface area contributed by atoms with Gasteiger partial charge in [0, 0.05) is 11.4 Å². The molecule has 0 bridgehead atoms. The molecule has 0 spiro atoms. The Morgan fingerprint density at radius 1 is 1.30 bits per heavy atom. The first-order valence-corrected chi connectivity index (χ1v) is 9.63. The lowest BCUT2D eigenvalue weighted by Gasteiger charge is -2.08. The molecule has 3 rings (SSSR count). The van der Waals surface area contributed by atoms with Crippen molar-refractivity contribution >= 4 is 66.5 Å². The highest BCUT2D eigenvalue weighted by molar-refractivity contribution is 9.10. The van der Waals surface area contributed by atoms with E-state index in [-0.39, 0.29) is 16.3 Å². The van der Waals surface area contributed by atoms with Gasteiger partial charge in [0.2, 0.25) is 0 Å². The van der Waals surface area contributed by atoms with Gasteiger partial charge in [0.25, 0.3) is 5.56 Å². The first-order valence-electron chi connectivity index (χ1n) is 7.67. The number of nitrogens with zero attached hydrogens (tertiary/aromatic N) is 3. The summed E-state index contributed by atoms with van der Waals surface area (Å²) in [6, 6.07) is 8.56. The Kier molecular flexibility index (Phi) is 5.78. The fraction of sp³-hybridized carbons (Fsp3) is 0.111. The Bertz CT molecular complexity index is 1140. The molecule has 0 radical (unpaired) electrons. The topological polar surface area (TPSA) is 73.5 Å². The highest BCUT2D eigenvalue weighted by Gasteiger charge is 2.12. The van der Waals surface area contributed by atoms with E-state index in [4.69, 9.17) is 16.3 Å². The number of hydrogen-bond donors (Lipinski definition) is 0. The molecule has 9 heteroatoms. The summed E-state index contributed by atoms with van der Waals surface area (Å²) >= 11 is 12.8. The Morgan fingerprint density at radius 3 is 2.70 bits per heavy atom. The lowest BCUT2D eigenvalue weighted by atomic mass is 10.2. The number of aromatic nitrogens is 2. The molecular weight excluding hydrogens is 501 g/mol. The summed E-state index contributed by atoms with van der Waals surface area (Å²) in [5.41, 5.74) is 0.934. The molecule has 0 aliphatic carbocycles. The van der Waals surface area contributed by atoms with Gasteiger partial charge in [0.15, 0.2) is 5.75 Å². The highest BCUT2D eigenvalue weighted by atomic mass is 79.9. The summed E-state index contributed by atoms with van der Waals surface area (Å²) in [6.45, 7) is 2.99. The zero-order valence-corrected chi connectivity index (χ0v) is 18.1. The Morgan fingerprint density at radius 2 is 2.04 bits per heavy atom. The summed E-state index contributed by atoms with van der Waals surface area (Å²) in [5, 5.41) is 4.94. The Balaban J connectivity index is 2.04. The number of esters is 1. The largest absolute Gasteiger partial charge is 0.424 e. The van der Waals surface area contributed by atoms with E-state index in [1.165, 1.54) is 17.8 Å². The van der Waals surface area contributed by atoms with Gasteiger partial charge in [-0.15, -0.1) is 0 Å². The monoisotopic (exact) mass is 511 g/mol. The predicted molar refractivity (Wildman–Crippen MR) is 112 cm³/mol. The van der Waals surface area contributed by atoms with Crippen LogP contribution in [-0.2, 0) is 4.79 Å². The van der Waals surface area contributed by atoms with Gasteiger partial charge in [-0.05, 0) is 58.7 Å². The van der Waals surface area contributed by atoms with Crippen LogP contribution >= 0.6 is 43.5 Å². The first-order chi connectivity index (χ1) is 12.8. The van der Waals surface area contributed by atoms with E-state index < -0.39 is 5.97 Å². The molecule has 0 saturated carbocycles. The van der Waals surface area contributed by atoms with Crippen LogP contribution in [0.15, 0.2) is 49.2 Å². The van der Waals surface area contributed by atoms with Crippen molar-refractivity contribution in [3.05, 3.63) is 66.0 Å². The van der Waals surface area contributed by atoms with Crippen LogP contribution in [-0.4, -0.2) is 21.8 Å². The van der Waals surface area contributed by atoms with Crippen molar-refractivity contribution in [3.8, 4) is 5.75 Å². The SMILES string of the molecule is CC(=O)Oc1c(Cl)cc(C=Nn2c(C)nc3ccc(Br)cc3c2=O)cc1Br. The minimum absolute atomic E-state index is 0.229. The van der Waals surface area contributed by atoms with E-state index in [1.54, 1.807) is 31.2 Å². The van der Waals surface area contributed by atoms with Crippen LogP contribution in [0.25, 0.3) is 10.9 Å². The second-order valence-corrected chi connectivity index (χ2v) is 7.77. The van der Waals surface area contributed by atoms with Crippen LogP contribution in [0.3, 0.4) is 0 Å². The van der Waals surface area contributed by atoms with Crippen LogP contribution in [0.2, 0.25) is 5.02 Å². The van der Waals surface area contributed by atoms with Gasteiger partial charge in [-0.3, -0.25) is 9.59 Å². The third-order valence-corrected chi connectivity index (χ3v) is 4.92. The smallest absolute Gasteiger partial charge is 0.308 e. The molecule has 1 heterocycles. The lowest BCUT2D eigenvalue weighted by Crippen LogP contribution is -2.20. The van der Waals surface area contributed by atoms with Gasteiger partial charge in [-0.2, -0.15) is 9.78 Å². The molecule has 0 N–H and O–H groups in total. The maximum absolute atomic E-state index is 12.7. The molecule has 138 valence electrons. The molecule has 0 atom stereocenters. The molecular formula is C18H12Br2ClN3O3. The van der Waals surface area contributed by atoms with Crippen LogP contribution in [0.5, 0.6) is 5.75 Å². The van der Waals surface area contributed by atoms with Crippen LogP contribution in [0, 0.1) is 6.92 Å². The van der Waals surface area contributed by atoms with Gasteiger partial charge in [0.1, 0.15) is 5.82 Å². The summed E-state index contributed by atoms with van der Waals surface area (Å²) < 4.78 is 7.56. The number of aryl methyl sites for hydroxylation is 1. The van der Waals surface area contributed by atoms with Gasteiger partial charge in [0.05, 0.1) is 26.6 Å². The number of carbonyl (C=O) groups excluding carboxylic acids is 1. The number of ether oxygens (including phenoxy) is 1. The molecule has 0 unspecified atom stereocenters. The quantitative estimate of drug-likeness (QED) is 0.289. The molecule has 3 aromatic rings. The van der Waals surface area contributed by atoms with Crippen molar-refractivity contribution in [1.82, 2.24) is 9.66 Å². The second-order valence-electron chi connectivity index (χ2n) is 5.59. The average Bonchev–Trinajstić information content (AvgIpc) is 2.58. The number of fused-ring (bicyclic) bond motifs is 1. The van der Waals surface area contributed by atoms with Crippen molar-refractivity contribution < 1.29 is 9.53 Å².